The lowest BCUT2D eigenvalue weighted by molar-refractivity contribution is 0.0691. The van der Waals surface area contributed by atoms with E-state index in [1.807, 2.05) is 0 Å². The van der Waals surface area contributed by atoms with E-state index in [4.69, 9.17) is 10.2 Å². The molecule has 2 rings (SSSR count). The highest BCUT2D eigenvalue weighted by Crippen LogP contribution is 2.26. The molecule has 1 heterocycles. The molecule has 5 nitrogen and oxygen atoms in total. The summed E-state index contributed by atoms with van der Waals surface area (Å²) in [6.07, 6.45) is 0. The number of benzene rings is 1. The number of aliphatic hydroxyl groups is 1. The van der Waals surface area contributed by atoms with E-state index in [2.05, 4.69) is 4.98 Å². The van der Waals surface area contributed by atoms with Gasteiger partial charge in [-0.2, -0.15) is 0 Å². The third kappa shape index (κ3) is 1.57. The molecule has 3 N–H and O–H groups in total. The number of aromatic carboxylic acids is 1. The highest BCUT2D eigenvalue weighted by Gasteiger charge is 2.10. The summed E-state index contributed by atoms with van der Waals surface area (Å²) in [5.41, 5.74) is 0.640. The Balaban J connectivity index is 2.77. The Morgan fingerprint density at radius 1 is 1.25 bits per heavy atom. The zero-order valence-corrected chi connectivity index (χ0v) is 8.21. The first-order valence-corrected chi connectivity index (χ1v) is 4.59. The van der Waals surface area contributed by atoms with Crippen LogP contribution < -0.4 is 0 Å². The molecule has 0 amide bonds. The Kier molecular flexibility index (Phi) is 2.46. The van der Waals surface area contributed by atoms with E-state index in [0.717, 1.165) is 0 Å². The van der Waals surface area contributed by atoms with Gasteiger partial charge in [0, 0.05) is 5.39 Å². The molecule has 0 aliphatic heterocycles. The zero-order valence-electron chi connectivity index (χ0n) is 8.21. The van der Waals surface area contributed by atoms with E-state index in [9.17, 15) is 9.90 Å². The monoisotopic (exact) mass is 219 g/mol. The zero-order chi connectivity index (χ0) is 11.7. The van der Waals surface area contributed by atoms with Crippen LogP contribution >= 0.6 is 0 Å². The van der Waals surface area contributed by atoms with Gasteiger partial charge in [-0.3, -0.25) is 0 Å². The number of aliphatic hydroxyl groups excluding tert-OH is 1. The lowest BCUT2D eigenvalue weighted by Gasteiger charge is -2.05. The van der Waals surface area contributed by atoms with Crippen LogP contribution in [0.1, 0.15) is 16.1 Å². The van der Waals surface area contributed by atoms with Gasteiger partial charge in [0.1, 0.15) is 17.0 Å². The lowest BCUT2D eigenvalue weighted by atomic mass is 10.1. The second kappa shape index (κ2) is 3.79. The maximum absolute atomic E-state index is 10.7. The van der Waals surface area contributed by atoms with Gasteiger partial charge >= 0.3 is 5.97 Å². The summed E-state index contributed by atoms with van der Waals surface area (Å²) >= 11 is 0. The molecule has 16 heavy (non-hydrogen) atoms. The van der Waals surface area contributed by atoms with Gasteiger partial charge in [0.15, 0.2) is 0 Å². The highest BCUT2D eigenvalue weighted by molar-refractivity contribution is 5.93. The summed E-state index contributed by atoms with van der Waals surface area (Å²) < 4.78 is 0. The molecule has 82 valence electrons. The van der Waals surface area contributed by atoms with Crippen molar-refractivity contribution in [3.8, 4) is 5.75 Å². The Morgan fingerprint density at radius 3 is 2.62 bits per heavy atom. The third-order valence-electron chi connectivity index (χ3n) is 2.32. The van der Waals surface area contributed by atoms with Crippen LogP contribution in [0.25, 0.3) is 10.9 Å². The van der Waals surface area contributed by atoms with E-state index in [1.54, 1.807) is 6.07 Å². The summed E-state index contributed by atoms with van der Waals surface area (Å²) in [7, 11) is 0. The van der Waals surface area contributed by atoms with Crippen molar-refractivity contribution in [3.05, 3.63) is 35.5 Å². The molecular formula is C11H9NO4. The molecule has 1 aromatic carbocycles. The minimum absolute atomic E-state index is 0.102. The van der Waals surface area contributed by atoms with Gasteiger partial charge in [0.05, 0.1) is 6.61 Å². The number of fused-ring (bicyclic) bond motifs is 1. The maximum atomic E-state index is 10.7. The number of pyridine rings is 1. The van der Waals surface area contributed by atoms with Gasteiger partial charge in [-0.15, -0.1) is 0 Å². The minimum atomic E-state index is -1.16. The first-order valence-electron chi connectivity index (χ1n) is 4.59. The highest BCUT2D eigenvalue weighted by atomic mass is 16.4. The van der Waals surface area contributed by atoms with Crippen molar-refractivity contribution in [1.29, 1.82) is 0 Å². The number of carboxylic acids is 1. The fourth-order valence-corrected chi connectivity index (χ4v) is 1.52. The second-order valence-corrected chi connectivity index (χ2v) is 3.30. The summed E-state index contributed by atoms with van der Waals surface area (Å²) in [6, 6.07) is 5.81. The molecule has 5 heteroatoms. The fraction of sp³-hybridized carbons (Fsp3) is 0.0909. The molecule has 0 aliphatic rings. The summed E-state index contributed by atoms with van der Waals surface area (Å²) in [6.45, 7) is -0.190. The Morgan fingerprint density at radius 2 is 2.00 bits per heavy atom. The van der Waals surface area contributed by atoms with Crippen LogP contribution in [-0.4, -0.2) is 26.3 Å². The van der Waals surface area contributed by atoms with Gasteiger partial charge < -0.3 is 15.3 Å². The average molecular weight is 219 g/mol. The van der Waals surface area contributed by atoms with Crippen molar-refractivity contribution in [1.82, 2.24) is 4.98 Å². The quantitative estimate of drug-likeness (QED) is 0.704. The Hall–Kier alpha value is -2.14. The SMILES string of the molecule is O=C(O)c1ccc2c(CO)ccc(O)c2n1. The number of phenols is 1. The smallest absolute Gasteiger partial charge is 0.354 e. The van der Waals surface area contributed by atoms with Crippen molar-refractivity contribution >= 4 is 16.9 Å². The molecule has 0 saturated heterocycles. The molecule has 0 saturated carbocycles. The van der Waals surface area contributed by atoms with Crippen molar-refractivity contribution in [2.75, 3.05) is 0 Å². The normalized spacial score (nSPS) is 10.6. The van der Waals surface area contributed by atoms with Gasteiger partial charge in [0.2, 0.25) is 0 Å². The molecule has 0 bridgehead atoms. The van der Waals surface area contributed by atoms with E-state index in [0.29, 0.717) is 10.9 Å². The maximum Gasteiger partial charge on any atom is 0.354 e. The Labute approximate surface area is 90.6 Å². The van der Waals surface area contributed by atoms with Crippen LogP contribution in [0.5, 0.6) is 5.75 Å². The molecule has 2 aromatic rings. The van der Waals surface area contributed by atoms with Gasteiger partial charge in [-0.1, -0.05) is 6.07 Å². The number of nitrogens with zero attached hydrogens (tertiary/aromatic N) is 1. The fourth-order valence-electron chi connectivity index (χ4n) is 1.52. The molecule has 0 radical (unpaired) electrons. The van der Waals surface area contributed by atoms with Crippen LogP contribution in [0.4, 0.5) is 0 Å². The molecule has 0 fully saturated rings. The van der Waals surface area contributed by atoms with Gasteiger partial charge in [-0.25, -0.2) is 9.78 Å². The topological polar surface area (TPSA) is 90.7 Å². The number of phenolic OH excluding ortho intramolecular Hbond substituents is 1. The molecule has 0 unspecified atom stereocenters. The number of carbonyl (C=O) groups is 1. The number of carboxylic acid groups (broad SMARTS) is 1. The number of aromatic nitrogens is 1. The largest absolute Gasteiger partial charge is 0.506 e. The first kappa shape index (κ1) is 10.4. The van der Waals surface area contributed by atoms with Gasteiger partial charge in [-0.05, 0) is 23.8 Å². The standard InChI is InChI=1S/C11H9NO4/c13-5-6-1-4-9(14)10-7(6)2-3-8(12-10)11(15)16/h1-4,13-14H,5H2,(H,15,16). The van der Waals surface area contributed by atoms with E-state index >= 15 is 0 Å². The van der Waals surface area contributed by atoms with Crippen LogP contribution in [0.2, 0.25) is 0 Å². The molecule has 1 aromatic heterocycles. The van der Waals surface area contributed by atoms with Crippen LogP contribution in [-0.2, 0) is 6.61 Å². The molecular weight excluding hydrogens is 210 g/mol. The van der Waals surface area contributed by atoms with E-state index in [-0.39, 0.29) is 23.6 Å². The average Bonchev–Trinajstić information content (AvgIpc) is 2.29. The summed E-state index contributed by atoms with van der Waals surface area (Å²) in [5, 5.41) is 28.0. The number of rotatable bonds is 2. The summed E-state index contributed by atoms with van der Waals surface area (Å²) in [5.74, 6) is -1.26. The van der Waals surface area contributed by atoms with Crippen LogP contribution in [0.3, 0.4) is 0 Å². The van der Waals surface area contributed by atoms with Crippen molar-refractivity contribution < 1.29 is 20.1 Å². The minimum Gasteiger partial charge on any atom is -0.506 e. The van der Waals surface area contributed by atoms with Crippen molar-refractivity contribution in [2.24, 2.45) is 0 Å². The molecule has 0 spiro atoms. The van der Waals surface area contributed by atoms with Crippen LogP contribution in [0, 0.1) is 0 Å². The summed E-state index contributed by atoms with van der Waals surface area (Å²) in [4.78, 5) is 14.5. The number of aromatic hydroxyl groups is 1. The van der Waals surface area contributed by atoms with Gasteiger partial charge in [0.25, 0.3) is 0 Å². The number of hydrogen-bond acceptors (Lipinski definition) is 4. The van der Waals surface area contributed by atoms with E-state index in [1.165, 1.54) is 18.2 Å². The van der Waals surface area contributed by atoms with E-state index < -0.39 is 5.97 Å². The van der Waals surface area contributed by atoms with Crippen LogP contribution in [0.15, 0.2) is 24.3 Å². The predicted molar refractivity (Wildman–Crippen MR) is 56.3 cm³/mol. The molecule has 0 aliphatic carbocycles. The Bertz CT molecular complexity index is 565. The second-order valence-electron chi connectivity index (χ2n) is 3.30. The van der Waals surface area contributed by atoms with Crippen molar-refractivity contribution in [2.45, 2.75) is 6.61 Å². The third-order valence-corrected chi connectivity index (χ3v) is 2.32. The number of hydrogen-bond donors (Lipinski definition) is 3. The first-order chi connectivity index (χ1) is 7.63. The lowest BCUT2D eigenvalue weighted by Crippen LogP contribution is -2.00. The van der Waals surface area contributed by atoms with Crippen molar-refractivity contribution in [3.63, 3.8) is 0 Å². The predicted octanol–water partition coefficient (Wildman–Crippen LogP) is 1.13. The molecule has 0 atom stereocenters.